The minimum atomic E-state index is -0.481. The topological polar surface area (TPSA) is 49.3 Å². The van der Waals surface area contributed by atoms with Gasteiger partial charge in [0.1, 0.15) is 0 Å². The Morgan fingerprint density at radius 1 is 1.62 bits per heavy atom. The van der Waals surface area contributed by atoms with Gasteiger partial charge in [-0.3, -0.25) is 4.79 Å². The lowest BCUT2D eigenvalue weighted by Crippen LogP contribution is -2.31. The zero-order chi connectivity index (χ0) is 12.1. The van der Waals surface area contributed by atoms with Gasteiger partial charge in [-0.2, -0.15) is 0 Å². The van der Waals surface area contributed by atoms with Crippen LogP contribution in [0.2, 0.25) is 0 Å². The molecule has 0 aliphatic rings. The predicted octanol–water partition coefficient (Wildman–Crippen LogP) is 2.55. The van der Waals surface area contributed by atoms with Gasteiger partial charge < -0.3 is 10.4 Å². The molecule has 1 rings (SSSR count). The van der Waals surface area contributed by atoms with Gasteiger partial charge in [0.25, 0.3) is 5.91 Å². The van der Waals surface area contributed by atoms with Crippen molar-refractivity contribution in [2.45, 2.75) is 19.4 Å². The molecule has 0 radical (unpaired) electrons. The minimum Gasteiger partial charge on any atom is -0.391 e. The fraction of sp³-hybridized carbons (Fsp3) is 0.364. The van der Waals surface area contributed by atoms with Crippen molar-refractivity contribution in [1.82, 2.24) is 5.32 Å². The maximum absolute atomic E-state index is 11.8. The highest BCUT2D eigenvalue weighted by Gasteiger charge is 2.11. The van der Waals surface area contributed by atoms with E-state index in [0.717, 1.165) is 8.04 Å². The van der Waals surface area contributed by atoms with E-state index in [1.807, 2.05) is 19.1 Å². The van der Waals surface area contributed by atoms with E-state index in [1.54, 1.807) is 6.07 Å². The first-order valence-corrected chi connectivity index (χ1v) is 6.83. The lowest BCUT2D eigenvalue weighted by atomic mass is 10.2. The van der Waals surface area contributed by atoms with Gasteiger partial charge in [0, 0.05) is 14.6 Å². The van der Waals surface area contributed by atoms with Crippen LogP contribution in [0.1, 0.15) is 23.7 Å². The van der Waals surface area contributed by atoms with Crippen molar-refractivity contribution in [3.05, 3.63) is 31.8 Å². The minimum absolute atomic E-state index is 0.169. The molecular weight excluding hydrogens is 385 g/mol. The molecule has 0 spiro atoms. The molecule has 1 aromatic rings. The Bertz CT molecular complexity index is 384. The molecule has 0 heterocycles. The van der Waals surface area contributed by atoms with Crippen molar-refractivity contribution in [2.75, 3.05) is 6.54 Å². The SMILES string of the molecule is CCC(O)CNC(=O)c1cc(I)ccc1Br. The third kappa shape index (κ3) is 4.03. The average molecular weight is 398 g/mol. The van der Waals surface area contributed by atoms with Crippen LogP contribution in [0.3, 0.4) is 0 Å². The van der Waals surface area contributed by atoms with Crippen LogP contribution < -0.4 is 5.32 Å². The van der Waals surface area contributed by atoms with Gasteiger partial charge in [0.05, 0.1) is 11.7 Å². The van der Waals surface area contributed by atoms with E-state index < -0.39 is 6.10 Å². The molecule has 1 unspecified atom stereocenters. The number of benzene rings is 1. The predicted molar refractivity (Wildman–Crippen MR) is 75.5 cm³/mol. The number of rotatable bonds is 4. The lowest BCUT2D eigenvalue weighted by Gasteiger charge is -2.10. The molecule has 0 aromatic heterocycles. The molecule has 1 amide bonds. The molecule has 0 fully saturated rings. The van der Waals surface area contributed by atoms with E-state index in [4.69, 9.17) is 0 Å². The first kappa shape index (κ1) is 13.9. The highest BCUT2D eigenvalue weighted by atomic mass is 127. The summed E-state index contributed by atoms with van der Waals surface area (Å²) in [5.41, 5.74) is 0.593. The van der Waals surface area contributed by atoms with Crippen LogP contribution in [0, 0.1) is 3.57 Å². The van der Waals surface area contributed by atoms with E-state index in [1.165, 1.54) is 0 Å². The van der Waals surface area contributed by atoms with Gasteiger partial charge >= 0.3 is 0 Å². The van der Waals surface area contributed by atoms with Gasteiger partial charge in [-0.25, -0.2) is 0 Å². The van der Waals surface area contributed by atoms with Gasteiger partial charge in [0.2, 0.25) is 0 Å². The number of carbonyl (C=O) groups excluding carboxylic acids is 1. The number of aliphatic hydroxyl groups is 1. The van der Waals surface area contributed by atoms with E-state index in [0.29, 0.717) is 12.0 Å². The number of carbonyl (C=O) groups is 1. The molecular formula is C11H13BrINO2. The van der Waals surface area contributed by atoms with Gasteiger partial charge in [-0.05, 0) is 63.1 Å². The molecule has 88 valence electrons. The fourth-order valence-corrected chi connectivity index (χ4v) is 2.04. The molecule has 0 aliphatic carbocycles. The summed E-state index contributed by atoms with van der Waals surface area (Å²) in [5, 5.41) is 12.0. The van der Waals surface area contributed by atoms with E-state index >= 15 is 0 Å². The second kappa shape index (κ2) is 6.56. The first-order valence-electron chi connectivity index (χ1n) is 4.96. The number of amides is 1. The lowest BCUT2D eigenvalue weighted by molar-refractivity contribution is 0.0913. The summed E-state index contributed by atoms with van der Waals surface area (Å²) in [6.45, 7) is 2.16. The van der Waals surface area contributed by atoms with E-state index in [-0.39, 0.29) is 12.5 Å². The van der Waals surface area contributed by atoms with Crippen LogP contribution in [0.25, 0.3) is 0 Å². The van der Waals surface area contributed by atoms with E-state index in [2.05, 4.69) is 43.8 Å². The molecule has 0 bridgehead atoms. The summed E-state index contributed by atoms with van der Waals surface area (Å²) in [6.07, 6.45) is 0.152. The average Bonchev–Trinajstić information content (AvgIpc) is 2.28. The van der Waals surface area contributed by atoms with Crippen molar-refractivity contribution in [3.8, 4) is 0 Å². The van der Waals surface area contributed by atoms with Crippen molar-refractivity contribution in [3.63, 3.8) is 0 Å². The highest BCUT2D eigenvalue weighted by Crippen LogP contribution is 2.19. The van der Waals surface area contributed by atoms with Gasteiger partial charge in [-0.1, -0.05) is 6.92 Å². The monoisotopic (exact) mass is 397 g/mol. The number of hydrogen-bond acceptors (Lipinski definition) is 2. The highest BCUT2D eigenvalue weighted by molar-refractivity contribution is 14.1. The Balaban J connectivity index is 2.69. The molecule has 5 heteroatoms. The zero-order valence-corrected chi connectivity index (χ0v) is 12.6. The van der Waals surface area contributed by atoms with Crippen LogP contribution in [0.5, 0.6) is 0 Å². The second-order valence-electron chi connectivity index (χ2n) is 3.40. The maximum atomic E-state index is 11.8. The Hall–Kier alpha value is -0.140. The van der Waals surface area contributed by atoms with Crippen LogP contribution in [0.15, 0.2) is 22.7 Å². The van der Waals surface area contributed by atoms with Crippen LogP contribution in [-0.4, -0.2) is 23.7 Å². The zero-order valence-electron chi connectivity index (χ0n) is 8.84. The fourth-order valence-electron chi connectivity index (χ4n) is 1.12. The quantitative estimate of drug-likeness (QED) is 0.767. The maximum Gasteiger partial charge on any atom is 0.252 e. The van der Waals surface area contributed by atoms with Gasteiger partial charge in [-0.15, -0.1) is 0 Å². The summed E-state index contributed by atoms with van der Waals surface area (Å²) in [7, 11) is 0. The second-order valence-corrected chi connectivity index (χ2v) is 5.50. The molecule has 3 nitrogen and oxygen atoms in total. The molecule has 1 atom stereocenters. The molecule has 2 N–H and O–H groups in total. The Kier molecular flexibility index (Phi) is 5.71. The number of aliphatic hydroxyl groups excluding tert-OH is 1. The summed E-state index contributed by atoms with van der Waals surface area (Å²) in [4.78, 5) is 11.8. The van der Waals surface area contributed by atoms with Crippen molar-refractivity contribution in [2.24, 2.45) is 0 Å². The van der Waals surface area contributed by atoms with Crippen molar-refractivity contribution >= 4 is 44.4 Å². The van der Waals surface area contributed by atoms with Crippen molar-refractivity contribution < 1.29 is 9.90 Å². The van der Waals surface area contributed by atoms with Crippen LogP contribution >= 0.6 is 38.5 Å². The Labute approximate surface area is 117 Å². The molecule has 16 heavy (non-hydrogen) atoms. The smallest absolute Gasteiger partial charge is 0.252 e. The van der Waals surface area contributed by atoms with Crippen molar-refractivity contribution in [1.29, 1.82) is 0 Å². The summed E-state index contributed by atoms with van der Waals surface area (Å²) >= 11 is 5.48. The number of hydrogen-bond donors (Lipinski definition) is 2. The third-order valence-corrected chi connectivity index (χ3v) is 3.51. The summed E-state index contributed by atoms with van der Waals surface area (Å²) < 4.78 is 1.76. The van der Waals surface area contributed by atoms with Crippen LogP contribution in [0.4, 0.5) is 0 Å². The molecule has 1 aromatic carbocycles. The standard InChI is InChI=1S/C11H13BrINO2/c1-2-8(15)6-14-11(16)9-5-7(13)3-4-10(9)12/h3-5,8,15H,2,6H2,1H3,(H,14,16). The molecule has 0 aliphatic heterocycles. The number of nitrogens with one attached hydrogen (secondary N) is 1. The molecule has 0 saturated carbocycles. The van der Waals surface area contributed by atoms with E-state index in [9.17, 15) is 9.90 Å². The Morgan fingerprint density at radius 3 is 2.94 bits per heavy atom. The third-order valence-electron chi connectivity index (χ3n) is 2.14. The first-order chi connectivity index (χ1) is 7.54. The Morgan fingerprint density at radius 2 is 2.31 bits per heavy atom. The largest absolute Gasteiger partial charge is 0.391 e. The summed E-state index contributed by atoms with van der Waals surface area (Å²) in [6, 6.07) is 5.56. The molecule has 0 saturated heterocycles. The number of halogens is 2. The summed E-state index contributed by atoms with van der Waals surface area (Å²) in [5.74, 6) is -0.169. The van der Waals surface area contributed by atoms with Crippen LogP contribution in [-0.2, 0) is 0 Å². The normalized spacial score (nSPS) is 12.2. The van der Waals surface area contributed by atoms with Gasteiger partial charge in [0.15, 0.2) is 0 Å².